The molecule has 7 nitrogen and oxygen atoms in total. The standard InChI is InChI=1S/C22H24N6OS/c23-21-17-3-7-26-28(17)14-22(21)5-8-27(9-6-22)19-12-25-20(13-24-19)30-16-1-2-18-15(11-16)4-10-29-18/h1-3,7,11-13,21H,4-6,8-10,14,23H2/t21-/m1/s1. The topological polar surface area (TPSA) is 82.1 Å². The van der Waals surface area contributed by atoms with Crippen molar-refractivity contribution in [3.8, 4) is 5.75 Å². The summed E-state index contributed by atoms with van der Waals surface area (Å²) >= 11 is 1.64. The average molecular weight is 421 g/mol. The molecule has 3 aliphatic rings. The molecular weight excluding hydrogens is 396 g/mol. The zero-order valence-corrected chi connectivity index (χ0v) is 17.5. The van der Waals surface area contributed by atoms with E-state index >= 15 is 0 Å². The second-order valence-electron chi connectivity index (χ2n) is 8.42. The van der Waals surface area contributed by atoms with Crippen molar-refractivity contribution in [2.24, 2.45) is 11.1 Å². The third kappa shape index (κ3) is 2.97. The zero-order chi connectivity index (χ0) is 20.1. The molecule has 1 aromatic carbocycles. The lowest BCUT2D eigenvalue weighted by molar-refractivity contribution is 0.170. The van der Waals surface area contributed by atoms with Crippen LogP contribution in [0, 0.1) is 5.41 Å². The van der Waals surface area contributed by atoms with Crippen LogP contribution in [0.5, 0.6) is 5.75 Å². The molecule has 154 valence electrons. The minimum atomic E-state index is 0.0738. The summed E-state index contributed by atoms with van der Waals surface area (Å²) < 4.78 is 7.67. The van der Waals surface area contributed by atoms with Crippen LogP contribution in [0.1, 0.15) is 30.1 Å². The van der Waals surface area contributed by atoms with Gasteiger partial charge in [0.25, 0.3) is 0 Å². The van der Waals surface area contributed by atoms with Crippen LogP contribution in [0.4, 0.5) is 5.82 Å². The quantitative estimate of drug-likeness (QED) is 0.697. The van der Waals surface area contributed by atoms with E-state index in [-0.39, 0.29) is 11.5 Å². The van der Waals surface area contributed by atoms with Gasteiger partial charge in [0.2, 0.25) is 0 Å². The molecule has 0 aliphatic carbocycles. The van der Waals surface area contributed by atoms with Gasteiger partial charge in [0, 0.05) is 42.6 Å². The maximum absolute atomic E-state index is 6.59. The van der Waals surface area contributed by atoms with Crippen LogP contribution in [0.15, 0.2) is 52.8 Å². The van der Waals surface area contributed by atoms with Gasteiger partial charge in [-0.3, -0.25) is 4.68 Å². The highest BCUT2D eigenvalue weighted by Gasteiger charge is 2.46. The lowest BCUT2D eigenvalue weighted by atomic mass is 9.73. The number of aromatic nitrogens is 4. The Labute approximate surface area is 179 Å². The van der Waals surface area contributed by atoms with Crippen molar-refractivity contribution in [3.05, 3.63) is 54.1 Å². The fraction of sp³-hybridized carbons (Fsp3) is 0.409. The monoisotopic (exact) mass is 420 g/mol. The van der Waals surface area contributed by atoms with Crippen molar-refractivity contribution < 1.29 is 4.74 Å². The lowest BCUT2D eigenvalue weighted by Crippen LogP contribution is -2.45. The molecule has 1 spiro atoms. The maximum atomic E-state index is 6.59. The number of rotatable bonds is 3. The Balaban J connectivity index is 1.11. The Bertz CT molecular complexity index is 1070. The number of hydrogen-bond donors (Lipinski definition) is 1. The van der Waals surface area contributed by atoms with Crippen LogP contribution in [0.2, 0.25) is 0 Å². The Kier molecular flexibility index (Phi) is 4.24. The molecule has 8 heteroatoms. The van der Waals surface area contributed by atoms with E-state index < -0.39 is 0 Å². The predicted molar refractivity (Wildman–Crippen MR) is 115 cm³/mol. The second kappa shape index (κ2) is 6.99. The first-order valence-electron chi connectivity index (χ1n) is 10.5. The molecule has 6 rings (SSSR count). The largest absolute Gasteiger partial charge is 0.493 e. The Morgan fingerprint density at radius 3 is 2.83 bits per heavy atom. The maximum Gasteiger partial charge on any atom is 0.147 e. The number of fused-ring (bicyclic) bond motifs is 2. The van der Waals surface area contributed by atoms with Gasteiger partial charge < -0.3 is 15.4 Å². The van der Waals surface area contributed by atoms with Gasteiger partial charge in [0.05, 0.1) is 30.7 Å². The Hall–Kier alpha value is -2.58. The molecular formula is C22H24N6OS. The van der Waals surface area contributed by atoms with Gasteiger partial charge in [-0.25, -0.2) is 9.97 Å². The zero-order valence-electron chi connectivity index (χ0n) is 16.7. The van der Waals surface area contributed by atoms with Gasteiger partial charge in [-0.2, -0.15) is 5.10 Å². The fourth-order valence-corrected chi connectivity index (χ4v) is 5.76. The molecule has 0 bridgehead atoms. The summed E-state index contributed by atoms with van der Waals surface area (Å²) in [5.41, 5.74) is 9.17. The molecule has 2 N–H and O–H groups in total. The van der Waals surface area contributed by atoms with Gasteiger partial charge in [0.1, 0.15) is 16.6 Å². The second-order valence-corrected chi connectivity index (χ2v) is 9.52. The van der Waals surface area contributed by atoms with Gasteiger partial charge >= 0.3 is 0 Å². The molecule has 1 saturated heterocycles. The number of nitrogens with zero attached hydrogens (tertiary/aromatic N) is 5. The van der Waals surface area contributed by atoms with Crippen LogP contribution in [0.25, 0.3) is 0 Å². The van der Waals surface area contributed by atoms with Gasteiger partial charge in [-0.05, 0) is 42.7 Å². The SMILES string of the molecule is N[C@@H]1c2ccnn2CC12CCN(c1cnc(Sc3ccc4c(c3)CCO4)cn1)CC2. The van der Waals surface area contributed by atoms with E-state index in [4.69, 9.17) is 15.5 Å². The molecule has 3 aromatic rings. The summed E-state index contributed by atoms with van der Waals surface area (Å²) in [6.07, 6.45) is 8.71. The molecule has 0 unspecified atom stereocenters. The van der Waals surface area contributed by atoms with Crippen LogP contribution in [-0.4, -0.2) is 39.4 Å². The van der Waals surface area contributed by atoms with E-state index in [1.807, 2.05) is 18.6 Å². The first kappa shape index (κ1) is 18.2. The number of piperidine rings is 1. The Morgan fingerprint density at radius 1 is 1.13 bits per heavy atom. The molecule has 0 saturated carbocycles. The van der Waals surface area contributed by atoms with Crippen molar-refractivity contribution in [1.82, 2.24) is 19.7 Å². The summed E-state index contributed by atoms with van der Waals surface area (Å²) in [6.45, 7) is 3.61. The summed E-state index contributed by atoms with van der Waals surface area (Å²) in [4.78, 5) is 12.9. The highest BCUT2D eigenvalue weighted by Crippen LogP contribution is 2.47. The van der Waals surface area contributed by atoms with Crippen LogP contribution in [0.3, 0.4) is 0 Å². The molecule has 0 amide bonds. The molecule has 30 heavy (non-hydrogen) atoms. The molecule has 1 fully saturated rings. The van der Waals surface area contributed by atoms with E-state index in [2.05, 4.69) is 43.9 Å². The van der Waals surface area contributed by atoms with Gasteiger partial charge in [0.15, 0.2) is 0 Å². The van der Waals surface area contributed by atoms with Gasteiger partial charge in [-0.1, -0.05) is 11.8 Å². The van der Waals surface area contributed by atoms with E-state index in [9.17, 15) is 0 Å². The molecule has 3 aliphatic heterocycles. The average Bonchev–Trinajstić information content (AvgIpc) is 3.48. The summed E-state index contributed by atoms with van der Waals surface area (Å²) in [5, 5.41) is 5.34. The number of anilines is 1. The van der Waals surface area contributed by atoms with Crippen molar-refractivity contribution in [2.75, 3.05) is 24.6 Å². The van der Waals surface area contributed by atoms with Crippen molar-refractivity contribution >= 4 is 17.6 Å². The van der Waals surface area contributed by atoms with Crippen LogP contribution >= 0.6 is 11.8 Å². The highest BCUT2D eigenvalue weighted by atomic mass is 32.2. The van der Waals surface area contributed by atoms with E-state index in [1.165, 1.54) is 16.2 Å². The molecule has 1 atom stereocenters. The highest BCUT2D eigenvalue weighted by molar-refractivity contribution is 7.99. The fourth-order valence-electron chi connectivity index (χ4n) is 4.97. The third-order valence-corrected chi connectivity index (χ3v) is 7.68. The number of benzene rings is 1. The number of hydrogen-bond acceptors (Lipinski definition) is 7. The first-order valence-corrected chi connectivity index (χ1v) is 11.3. The molecule has 2 aromatic heterocycles. The normalized spacial score (nSPS) is 21.5. The summed E-state index contributed by atoms with van der Waals surface area (Å²) in [7, 11) is 0. The van der Waals surface area contributed by atoms with E-state index in [0.717, 1.165) is 62.1 Å². The summed E-state index contributed by atoms with van der Waals surface area (Å²) in [6, 6.07) is 8.47. The minimum Gasteiger partial charge on any atom is -0.493 e. The molecule has 0 radical (unpaired) electrons. The van der Waals surface area contributed by atoms with E-state index in [1.54, 1.807) is 11.8 Å². The van der Waals surface area contributed by atoms with Crippen molar-refractivity contribution in [1.29, 1.82) is 0 Å². The molecule has 5 heterocycles. The lowest BCUT2D eigenvalue weighted by Gasteiger charge is -2.41. The van der Waals surface area contributed by atoms with Crippen molar-refractivity contribution in [2.45, 2.75) is 41.8 Å². The number of ether oxygens (including phenoxy) is 1. The van der Waals surface area contributed by atoms with Crippen LogP contribution in [-0.2, 0) is 13.0 Å². The van der Waals surface area contributed by atoms with Crippen LogP contribution < -0.4 is 15.4 Å². The van der Waals surface area contributed by atoms with Crippen molar-refractivity contribution in [3.63, 3.8) is 0 Å². The Morgan fingerprint density at radius 2 is 2.03 bits per heavy atom. The smallest absolute Gasteiger partial charge is 0.147 e. The number of nitrogens with two attached hydrogens (primary N) is 1. The minimum absolute atomic E-state index is 0.0738. The van der Waals surface area contributed by atoms with E-state index in [0.29, 0.717) is 0 Å². The summed E-state index contributed by atoms with van der Waals surface area (Å²) in [5.74, 6) is 1.95. The first-order chi connectivity index (χ1) is 14.7. The van der Waals surface area contributed by atoms with Gasteiger partial charge in [-0.15, -0.1) is 0 Å². The third-order valence-electron chi connectivity index (χ3n) is 6.77. The predicted octanol–water partition coefficient (Wildman–Crippen LogP) is 3.06.